The van der Waals surface area contributed by atoms with Crippen molar-refractivity contribution >= 4 is 17.3 Å². The summed E-state index contributed by atoms with van der Waals surface area (Å²) in [6.07, 6.45) is 0.437. The van der Waals surface area contributed by atoms with Crippen molar-refractivity contribution in [3.05, 3.63) is 29.3 Å². The highest BCUT2D eigenvalue weighted by molar-refractivity contribution is 6.12. The number of carbonyl (C=O) groups excluding carboxylic acids is 1. The molecule has 0 atom stereocenters. The summed E-state index contributed by atoms with van der Waals surface area (Å²) in [7, 11) is 0. The van der Waals surface area contributed by atoms with E-state index >= 15 is 0 Å². The van der Waals surface area contributed by atoms with E-state index in [9.17, 15) is 4.79 Å². The molecule has 0 N–H and O–H groups in total. The van der Waals surface area contributed by atoms with Gasteiger partial charge in [-0.3, -0.25) is 4.79 Å². The second-order valence-corrected chi connectivity index (χ2v) is 4.06. The Morgan fingerprint density at radius 1 is 1.13 bits per heavy atom. The van der Waals surface area contributed by atoms with Crippen LogP contribution in [0.25, 0.3) is 0 Å². The second kappa shape index (κ2) is 3.50. The van der Waals surface area contributed by atoms with Crippen molar-refractivity contribution < 1.29 is 4.79 Å². The van der Waals surface area contributed by atoms with E-state index < -0.39 is 0 Å². The molecular formula is C12H14N2O. The summed E-state index contributed by atoms with van der Waals surface area (Å²) in [6.45, 7) is 5.92. The summed E-state index contributed by atoms with van der Waals surface area (Å²) >= 11 is 0. The van der Waals surface area contributed by atoms with E-state index in [0.29, 0.717) is 6.42 Å². The first kappa shape index (κ1) is 9.90. The van der Waals surface area contributed by atoms with Gasteiger partial charge in [0.25, 0.3) is 5.91 Å². The Kier molecular flexibility index (Phi) is 2.31. The molecule has 15 heavy (non-hydrogen) atoms. The number of carbonyl (C=O) groups is 1. The third kappa shape index (κ3) is 1.91. The Morgan fingerprint density at radius 2 is 1.73 bits per heavy atom. The standard InChI is InChI=1S/C12H14N2O/c1-8-4-9(2)6-11(5-8)14-12(15)7-10(3)13-14/h4-6H,7H2,1-3H3. The summed E-state index contributed by atoms with van der Waals surface area (Å²) in [4.78, 5) is 11.6. The number of benzene rings is 1. The van der Waals surface area contributed by atoms with Gasteiger partial charge in [-0.15, -0.1) is 0 Å². The van der Waals surface area contributed by atoms with Gasteiger partial charge in [-0.05, 0) is 44.0 Å². The largest absolute Gasteiger partial charge is 0.272 e. The summed E-state index contributed by atoms with van der Waals surface area (Å²) in [5, 5.41) is 5.72. The Balaban J connectivity index is 2.41. The first-order valence-electron chi connectivity index (χ1n) is 5.01. The fraction of sp³-hybridized carbons (Fsp3) is 0.333. The third-order valence-electron chi connectivity index (χ3n) is 2.37. The molecule has 0 saturated heterocycles. The van der Waals surface area contributed by atoms with Gasteiger partial charge in [-0.1, -0.05) is 6.07 Å². The van der Waals surface area contributed by atoms with Crippen LogP contribution in [-0.2, 0) is 4.79 Å². The van der Waals surface area contributed by atoms with Crippen LogP contribution in [0, 0.1) is 13.8 Å². The van der Waals surface area contributed by atoms with Gasteiger partial charge in [0, 0.05) is 5.71 Å². The van der Waals surface area contributed by atoms with Crippen LogP contribution >= 0.6 is 0 Å². The quantitative estimate of drug-likeness (QED) is 0.688. The van der Waals surface area contributed by atoms with Gasteiger partial charge < -0.3 is 0 Å². The predicted molar refractivity (Wildman–Crippen MR) is 61.1 cm³/mol. The number of nitrogens with zero attached hydrogens (tertiary/aromatic N) is 2. The molecule has 1 amide bonds. The minimum atomic E-state index is 0.0532. The normalized spacial score (nSPS) is 15.8. The SMILES string of the molecule is CC1=NN(c2cc(C)cc(C)c2)C(=O)C1. The maximum Gasteiger partial charge on any atom is 0.253 e. The van der Waals surface area contributed by atoms with Crippen LogP contribution in [0.1, 0.15) is 24.5 Å². The number of hydrogen-bond acceptors (Lipinski definition) is 2. The van der Waals surface area contributed by atoms with E-state index in [4.69, 9.17) is 0 Å². The lowest BCUT2D eigenvalue weighted by Gasteiger charge is -2.13. The van der Waals surface area contributed by atoms with Gasteiger partial charge in [0.1, 0.15) is 0 Å². The molecule has 3 heteroatoms. The maximum atomic E-state index is 11.6. The van der Waals surface area contributed by atoms with Crippen LogP contribution in [0.4, 0.5) is 5.69 Å². The predicted octanol–water partition coefficient (Wildman–Crippen LogP) is 2.42. The van der Waals surface area contributed by atoms with E-state index in [-0.39, 0.29) is 5.91 Å². The highest BCUT2D eigenvalue weighted by Crippen LogP contribution is 2.23. The van der Waals surface area contributed by atoms with Crippen molar-refractivity contribution in [1.29, 1.82) is 0 Å². The van der Waals surface area contributed by atoms with Crippen LogP contribution in [0.5, 0.6) is 0 Å². The summed E-state index contributed by atoms with van der Waals surface area (Å²) < 4.78 is 0. The number of amides is 1. The smallest absolute Gasteiger partial charge is 0.253 e. The van der Waals surface area contributed by atoms with Crippen LogP contribution in [0.2, 0.25) is 0 Å². The number of aryl methyl sites for hydroxylation is 2. The molecule has 1 aliphatic rings. The highest BCUT2D eigenvalue weighted by Gasteiger charge is 2.22. The lowest BCUT2D eigenvalue weighted by Crippen LogP contribution is -2.19. The molecule has 0 radical (unpaired) electrons. The second-order valence-electron chi connectivity index (χ2n) is 4.06. The number of anilines is 1. The minimum absolute atomic E-state index is 0.0532. The molecule has 0 fully saturated rings. The lowest BCUT2D eigenvalue weighted by atomic mass is 10.1. The van der Waals surface area contributed by atoms with Crippen molar-refractivity contribution in [3.8, 4) is 0 Å². The fourth-order valence-electron chi connectivity index (χ4n) is 1.83. The molecule has 2 rings (SSSR count). The molecule has 78 valence electrons. The highest BCUT2D eigenvalue weighted by atomic mass is 16.2. The molecule has 1 heterocycles. The van der Waals surface area contributed by atoms with Crippen molar-refractivity contribution in [2.45, 2.75) is 27.2 Å². The Bertz CT molecular complexity index is 429. The lowest BCUT2D eigenvalue weighted by molar-refractivity contribution is -0.116. The van der Waals surface area contributed by atoms with Crippen molar-refractivity contribution in [2.75, 3.05) is 5.01 Å². The Morgan fingerprint density at radius 3 is 2.20 bits per heavy atom. The average molecular weight is 202 g/mol. The van der Waals surface area contributed by atoms with Crippen molar-refractivity contribution in [3.63, 3.8) is 0 Å². The first-order chi connectivity index (χ1) is 7.06. The van der Waals surface area contributed by atoms with Crippen molar-refractivity contribution in [2.24, 2.45) is 5.10 Å². The summed E-state index contributed by atoms with van der Waals surface area (Å²) in [5.41, 5.74) is 4.05. The van der Waals surface area contributed by atoms with E-state index in [1.54, 1.807) is 0 Å². The van der Waals surface area contributed by atoms with Crippen molar-refractivity contribution in [1.82, 2.24) is 0 Å². The number of hydrogen-bond donors (Lipinski definition) is 0. The third-order valence-corrected chi connectivity index (χ3v) is 2.37. The molecule has 3 nitrogen and oxygen atoms in total. The van der Waals surface area contributed by atoms with Gasteiger partial charge >= 0.3 is 0 Å². The number of rotatable bonds is 1. The zero-order valence-electron chi connectivity index (χ0n) is 9.24. The van der Waals surface area contributed by atoms with Crippen LogP contribution in [0.3, 0.4) is 0 Å². The van der Waals surface area contributed by atoms with E-state index in [1.165, 1.54) is 5.01 Å². The molecule has 0 unspecified atom stereocenters. The fourth-order valence-corrected chi connectivity index (χ4v) is 1.83. The zero-order valence-corrected chi connectivity index (χ0v) is 9.24. The van der Waals surface area contributed by atoms with Crippen LogP contribution < -0.4 is 5.01 Å². The first-order valence-corrected chi connectivity index (χ1v) is 5.01. The van der Waals surface area contributed by atoms with Crippen LogP contribution in [-0.4, -0.2) is 11.6 Å². The van der Waals surface area contributed by atoms with Gasteiger partial charge in [0.2, 0.25) is 0 Å². The Hall–Kier alpha value is -1.64. The van der Waals surface area contributed by atoms with Gasteiger partial charge in [-0.2, -0.15) is 5.10 Å². The van der Waals surface area contributed by atoms with Crippen LogP contribution in [0.15, 0.2) is 23.3 Å². The average Bonchev–Trinajstić information content (AvgIpc) is 2.43. The van der Waals surface area contributed by atoms with Gasteiger partial charge in [0.05, 0.1) is 12.1 Å². The van der Waals surface area contributed by atoms with E-state index in [0.717, 1.165) is 22.5 Å². The van der Waals surface area contributed by atoms with E-state index in [1.807, 2.05) is 32.9 Å². The summed E-state index contributed by atoms with van der Waals surface area (Å²) in [5.74, 6) is 0.0532. The Labute approximate surface area is 89.4 Å². The van der Waals surface area contributed by atoms with Gasteiger partial charge in [-0.25, -0.2) is 5.01 Å². The number of hydrazone groups is 1. The molecule has 0 aromatic heterocycles. The molecular weight excluding hydrogens is 188 g/mol. The molecule has 0 aliphatic carbocycles. The zero-order chi connectivity index (χ0) is 11.0. The molecule has 0 bridgehead atoms. The minimum Gasteiger partial charge on any atom is -0.272 e. The molecule has 0 saturated carbocycles. The topological polar surface area (TPSA) is 32.7 Å². The molecule has 1 aromatic carbocycles. The maximum absolute atomic E-state index is 11.6. The van der Waals surface area contributed by atoms with Gasteiger partial charge in [0.15, 0.2) is 0 Å². The monoisotopic (exact) mass is 202 g/mol. The van der Waals surface area contributed by atoms with E-state index in [2.05, 4.69) is 11.2 Å². The summed E-state index contributed by atoms with van der Waals surface area (Å²) in [6, 6.07) is 6.04. The molecule has 1 aromatic rings. The molecule has 1 aliphatic heterocycles. The molecule has 0 spiro atoms.